The molecule has 0 aromatic carbocycles. The first-order valence-electron chi connectivity index (χ1n) is 6.63. The first kappa shape index (κ1) is 14.5. The highest BCUT2D eigenvalue weighted by molar-refractivity contribution is 5.99. The van der Waals surface area contributed by atoms with Crippen molar-refractivity contribution in [2.24, 2.45) is 0 Å². The standard InChI is InChI=1S/C14H23N3O/c1-5-8-17(7-3)14(18)12-10-16-11(4)9-13(12)15-6-2/h9-10H,5-8H2,1-4H3,(H,15,16). The van der Waals surface area contributed by atoms with Crippen molar-refractivity contribution in [2.75, 3.05) is 25.0 Å². The third kappa shape index (κ3) is 3.45. The van der Waals surface area contributed by atoms with Gasteiger partial charge in [-0.3, -0.25) is 9.78 Å². The smallest absolute Gasteiger partial charge is 0.257 e. The molecule has 1 N–H and O–H groups in total. The van der Waals surface area contributed by atoms with Gasteiger partial charge in [0.25, 0.3) is 5.91 Å². The molecule has 18 heavy (non-hydrogen) atoms. The Balaban J connectivity index is 3.03. The molecule has 0 fully saturated rings. The first-order chi connectivity index (χ1) is 8.63. The predicted octanol–water partition coefficient (Wildman–Crippen LogP) is 2.69. The molecule has 0 bridgehead atoms. The number of amides is 1. The van der Waals surface area contributed by atoms with Gasteiger partial charge in [0.1, 0.15) is 0 Å². The van der Waals surface area contributed by atoms with Gasteiger partial charge in [0.05, 0.1) is 11.3 Å². The number of aryl methyl sites for hydroxylation is 1. The maximum absolute atomic E-state index is 12.4. The van der Waals surface area contributed by atoms with Crippen molar-refractivity contribution >= 4 is 11.6 Å². The van der Waals surface area contributed by atoms with Crippen LogP contribution in [-0.2, 0) is 0 Å². The number of nitrogens with zero attached hydrogens (tertiary/aromatic N) is 2. The van der Waals surface area contributed by atoms with E-state index in [9.17, 15) is 4.79 Å². The predicted molar refractivity (Wildman–Crippen MR) is 75.0 cm³/mol. The van der Waals surface area contributed by atoms with Gasteiger partial charge in [-0.25, -0.2) is 0 Å². The van der Waals surface area contributed by atoms with Crippen molar-refractivity contribution in [3.8, 4) is 0 Å². The first-order valence-corrected chi connectivity index (χ1v) is 6.63. The van der Waals surface area contributed by atoms with Crippen LogP contribution in [0.25, 0.3) is 0 Å². The zero-order chi connectivity index (χ0) is 13.5. The van der Waals surface area contributed by atoms with Gasteiger partial charge in [0.2, 0.25) is 0 Å². The van der Waals surface area contributed by atoms with Gasteiger partial charge in [0, 0.05) is 31.5 Å². The molecule has 100 valence electrons. The molecule has 4 heteroatoms. The van der Waals surface area contributed by atoms with Crippen molar-refractivity contribution in [1.29, 1.82) is 0 Å². The topological polar surface area (TPSA) is 45.2 Å². The summed E-state index contributed by atoms with van der Waals surface area (Å²) < 4.78 is 0. The number of nitrogens with one attached hydrogen (secondary N) is 1. The molecule has 1 rings (SSSR count). The summed E-state index contributed by atoms with van der Waals surface area (Å²) in [5.74, 6) is 0.0581. The van der Waals surface area contributed by atoms with Crippen molar-refractivity contribution in [2.45, 2.75) is 34.1 Å². The number of anilines is 1. The van der Waals surface area contributed by atoms with Crippen LogP contribution in [-0.4, -0.2) is 35.4 Å². The van der Waals surface area contributed by atoms with E-state index in [4.69, 9.17) is 0 Å². The summed E-state index contributed by atoms with van der Waals surface area (Å²) in [6.45, 7) is 10.3. The molecule has 1 heterocycles. The lowest BCUT2D eigenvalue weighted by Crippen LogP contribution is -2.32. The van der Waals surface area contributed by atoms with Gasteiger partial charge in [-0.05, 0) is 33.3 Å². The van der Waals surface area contributed by atoms with Crippen LogP contribution in [0.15, 0.2) is 12.3 Å². The van der Waals surface area contributed by atoms with E-state index >= 15 is 0 Å². The lowest BCUT2D eigenvalue weighted by molar-refractivity contribution is 0.0765. The van der Waals surface area contributed by atoms with Gasteiger partial charge in [0.15, 0.2) is 0 Å². The van der Waals surface area contributed by atoms with Gasteiger partial charge in [-0.2, -0.15) is 0 Å². The van der Waals surface area contributed by atoms with Crippen molar-refractivity contribution in [3.05, 3.63) is 23.5 Å². The second kappa shape index (κ2) is 6.99. The number of carbonyl (C=O) groups excluding carboxylic acids is 1. The fraction of sp³-hybridized carbons (Fsp3) is 0.571. The molecule has 1 aromatic rings. The average molecular weight is 249 g/mol. The van der Waals surface area contributed by atoms with Crippen molar-refractivity contribution < 1.29 is 4.79 Å². The van der Waals surface area contributed by atoms with E-state index in [-0.39, 0.29) is 5.91 Å². The third-order valence-corrected chi connectivity index (χ3v) is 2.80. The molecule has 0 aliphatic rings. The third-order valence-electron chi connectivity index (χ3n) is 2.80. The molecule has 4 nitrogen and oxygen atoms in total. The van der Waals surface area contributed by atoms with Gasteiger partial charge in [-0.1, -0.05) is 6.92 Å². The Kier molecular flexibility index (Phi) is 5.62. The fourth-order valence-electron chi connectivity index (χ4n) is 1.91. The summed E-state index contributed by atoms with van der Waals surface area (Å²) in [6, 6.07) is 1.93. The van der Waals surface area contributed by atoms with Crippen LogP contribution in [0.4, 0.5) is 5.69 Å². The molecule has 0 saturated heterocycles. The molecule has 1 aromatic heterocycles. The minimum absolute atomic E-state index is 0.0581. The second-order valence-corrected chi connectivity index (χ2v) is 4.29. The lowest BCUT2D eigenvalue weighted by atomic mass is 10.1. The van der Waals surface area contributed by atoms with Crippen LogP contribution in [0.1, 0.15) is 43.2 Å². The fourth-order valence-corrected chi connectivity index (χ4v) is 1.91. The van der Waals surface area contributed by atoms with Crippen molar-refractivity contribution in [3.63, 3.8) is 0 Å². The number of hydrogen-bond donors (Lipinski definition) is 1. The van der Waals surface area contributed by atoms with Gasteiger partial charge in [-0.15, -0.1) is 0 Å². The van der Waals surface area contributed by atoms with Crippen LogP contribution >= 0.6 is 0 Å². The summed E-state index contributed by atoms with van der Waals surface area (Å²) in [4.78, 5) is 18.5. The summed E-state index contributed by atoms with van der Waals surface area (Å²) in [5, 5.41) is 3.23. The van der Waals surface area contributed by atoms with Gasteiger partial charge < -0.3 is 10.2 Å². The maximum atomic E-state index is 12.4. The summed E-state index contributed by atoms with van der Waals surface area (Å²) in [7, 11) is 0. The van der Waals surface area contributed by atoms with E-state index in [0.29, 0.717) is 5.56 Å². The van der Waals surface area contributed by atoms with Crippen LogP contribution in [0, 0.1) is 6.92 Å². The van der Waals surface area contributed by atoms with Gasteiger partial charge >= 0.3 is 0 Å². The highest BCUT2D eigenvalue weighted by atomic mass is 16.2. The summed E-state index contributed by atoms with van der Waals surface area (Å²) >= 11 is 0. The largest absolute Gasteiger partial charge is 0.385 e. The highest BCUT2D eigenvalue weighted by Gasteiger charge is 2.17. The molecule has 0 atom stereocenters. The van der Waals surface area contributed by atoms with E-state index in [1.165, 1.54) is 0 Å². The SMILES string of the molecule is CCCN(CC)C(=O)c1cnc(C)cc1NCC. The lowest BCUT2D eigenvalue weighted by Gasteiger charge is -2.21. The Hall–Kier alpha value is -1.58. The second-order valence-electron chi connectivity index (χ2n) is 4.29. The Morgan fingerprint density at radius 3 is 2.67 bits per heavy atom. The van der Waals surface area contributed by atoms with Crippen LogP contribution < -0.4 is 5.32 Å². The summed E-state index contributed by atoms with van der Waals surface area (Å²) in [6.07, 6.45) is 2.64. The molecule has 0 unspecified atom stereocenters. The zero-order valence-electron chi connectivity index (χ0n) is 11.8. The number of carbonyl (C=O) groups is 1. The number of pyridine rings is 1. The molecule has 0 radical (unpaired) electrons. The minimum atomic E-state index is 0.0581. The summed E-state index contributed by atoms with van der Waals surface area (Å²) in [5.41, 5.74) is 2.46. The quantitative estimate of drug-likeness (QED) is 0.843. The average Bonchev–Trinajstić information content (AvgIpc) is 2.36. The minimum Gasteiger partial charge on any atom is -0.385 e. The normalized spacial score (nSPS) is 10.2. The zero-order valence-corrected chi connectivity index (χ0v) is 11.8. The number of rotatable bonds is 6. The Morgan fingerprint density at radius 1 is 1.39 bits per heavy atom. The molecule has 0 saturated carbocycles. The number of aromatic nitrogens is 1. The van der Waals surface area contributed by atoms with E-state index in [0.717, 1.165) is 37.4 Å². The van der Waals surface area contributed by atoms with E-state index < -0.39 is 0 Å². The monoisotopic (exact) mass is 249 g/mol. The Bertz CT molecular complexity index is 404. The van der Waals surface area contributed by atoms with Crippen LogP contribution in [0.3, 0.4) is 0 Å². The van der Waals surface area contributed by atoms with Crippen LogP contribution in [0.5, 0.6) is 0 Å². The van der Waals surface area contributed by atoms with E-state index in [1.54, 1.807) is 6.20 Å². The Labute approximate surface area is 109 Å². The molecule has 0 aliphatic carbocycles. The Morgan fingerprint density at radius 2 is 2.11 bits per heavy atom. The van der Waals surface area contributed by atoms with Crippen LogP contribution in [0.2, 0.25) is 0 Å². The van der Waals surface area contributed by atoms with Crippen molar-refractivity contribution in [1.82, 2.24) is 9.88 Å². The van der Waals surface area contributed by atoms with E-state index in [2.05, 4.69) is 17.2 Å². The molecule has 0 spiro atoms. The number of hydrogen-bond acceptors (Lipinski definition) is 3. The molecule has 0 aliphatic heterocycles. The highest BCUT2D eigenvalue weighted by Crippen LogP contribution is 2.17. The molecule has 1 amide bonds. The molecular weight excluding hydrogens is 226 g/mol. The molecular formula is C14H23N3O. The maximum Gasteiger partial charge on any atom is 0.257 e. The van der Waals surface area contributed by atoms with E-state index in [1.807, 2.05) is 31.7 Å².